The maximum Gasteiger partial charge on any atom is 0.0625 e. The molecule has 1 rings (SSSR count). The molecule has 0 amide bonds. The third-order valence-corrected chi connectivity index (χ3v) is 3.58. The van der Waals surface area contributed by atoms with Gasteiger partial charge >= 0.3 is 0 Å². The molecular weight excluding hydrogens is 214 g/mol. The Morgan fingerprint density at radius 2 is 1.76 bits per heavy atom. The summed E-state index contributed by atoms with van der Waals surface area (Å²) < 4.78 is 11.6. The van der Waals surface area contributed by atoms with E-state index in [2.05, 4.69) is 39.9 Å². The Balaban J connectivity index is 2.10. The fourth-order valence-electron chi connectivity index (χ4n) is 2.23. The van der Waals surface area contributed by atoms with Crippen LogP contribution in [0.1, 0.15) is 47.5 Å². The van der Waals surface area contributed by atoms with Crippen molar-refractivity contribution < 1.29 is 9.47 Å². The number of rotatable bonds is 6. The van der Waals surface area contributed by atoms with Crippen LogP contribution >= 0.6 is 0 Å². The van der Waals surface area contributed by atoms with E-state index in [1.807, 2.05) is 0 Å². The quantitative estimate of drug-likeness (QED) is 0.727. The first kappa shape index (κ1) is 14.9. The van der Waals surface area contributed by atoms with Gasteiger partial charge < -0.3 is 14.8 Å². The second kappa shape index (κ2) is 7.34. The van der Waals surface area contributed by atoms with Crippen molar-refractivity contribution in [2.45, 2.75) is 71.8 Å². The Morgan fingerprint density at radius 3 is 2.29 bits per heavy atom. The fourth-order valence-corrected chi connectivity index (χ4v) is 2.23. The summed E-state index contributed by atoms with van der Waals surface area (Å²) in [6, 6.07) is 0.561. The van der Waals surface area contributed by atoms with Crippen LogP contribution in [-0.4, -0.2) is 37.5 Å². The molecular formula is C14H29NO2. The van der Waals surface area contributed by atoms with Gasteiger partial charge in [-0.25, -0.2) is 0 Å². The molecule has 3 heteroatoms. The highest BCUT2D eigenvalue weighted by Gasteiger charge is 2.24. The van der Waals surface area contributed by atoms with Crippen LogP contribution < -0.4 is 5.32 Å². The van der Waals surface area contributed by atoms with E-state index < -0.39 is 0 Å². The molecule has 0 aliphatic carbocycles. The Morgan fingerprint density at radius 1 is 1.18 bits per heavy atom. The molecule has 0 aromatic carbocycles. The first-order chi connectivity index (χ1) is 7.99. The summed E-state index contributed by atoms with van der Waals surface area (Å²) in [6.07, 6.45) is 3.12. The van der Waals surface area contributed by atoms with Gasteiger partial charge in [-0.2, -0.15) is 0 Å². The van der Waals surface area contributed by atoms with E-state index in [1.165, 1.54) is 0 Å². The van der Waals surface area contributed by atoms with Crippen molar-refractivity contribution in [2.24, 2.45) is 5.92 Å². The zero-order valence-corrected chi connectivity index (χ0v) is 12.0. The van der Waals surface area contributed by atoms with Crippen LogP contribution in [0.4, 0.5) is 0 Å². The van der Waals surface area contributed by atoms with Gasteiger partial charge in [-0.15, -0.1) is 0 Å². The smallest absolute Gasteiger partial charge is 0.0625 e. The summed E-state index contributed by atoms with van der Waals surface area (Å²) in [5.41, 5.74) is 0. The highest BCUT2D eigenvalue weighted by Crippen LogP contribution is 2.21. The lowest BCUT2D eigenvalue weighted by Crippen LogP contribution is -2.37. The van der Waals surface area contributed by atoms with E-state index in [9.17, 15) is 0 Å². The van der Waals surface area contributed by atoms with Gasteiger partial charge in [-0.05, 0) is 39.5 Å². The van der Waals surface area contributed by atoms with Crippen molar-refractivity contribution in [1.82, 2.24) is 5.32 Å². The van der Waals surface area contributed by atoms with E-state index in [-0.39, 0.29) is 0 Å². The minimum atomic E-state index is 0.339. The van der Waals surface area contributed by atoms with Gasteiger partial charge in [-0.3, -0.25) is 0 Å². The molecule has 3 atom stereocenters. The van der Waals surface area contributed by atoms with E-state index in [1.54, 1.807) is 0 Å². The molecule has 0 aromatic rings. The summed E-state index contributed by atoms with van der Waals surface area (Å²) in [5.74, 6) is 0.679. The average molecular weight is 243 g/mol. The van der Waals surface area contributed by atoms with Crippen LogP contribution in [0.15, 0.2) is 0 Å². The summed E-state index contributed by atoms with van der Waals surface area (Å²) >= 11 is 0. The van der Waals surface area contributed by atoms with Gasteiger partial charge in [0.25, 0.3) is 0 Å². The standard InChI is InChI=1S/C14H29NO2/c1-10(2)13(5)15-6-7-16-14-8-11(3)17-12(4)9-14/h10-15H,6-9H2,1-5H3. The molecule has 0 saturated carbocycles. The van der Waals surface area contributed by atoms with E-state index in [0.717, 1.165) is 26.0 Å². The van der Waals surface area contributed by atoms with Crippen LogP contribution in [0.25, 0.3) is 0 Å². The highest BCUT2D eigenvalue weighted by atomic mass is 16.5. The van der Waals surface area contributed by atoms with Crippen molar-refractivity contribution in [1.29, 1.82) is 0 Å². The van der Waals surface area contributed by atoms with Gasteiger partial charge in [0.1, 0.15) is 0 Å². The van der Waals surface area contributed by atoms with Gasteiger partial charge in [0, 0.05) is 12.6 Å². The molecule has 1 heterocycles. The monoisotopic (exact) mass is 243 g/mol. The molecule has 1 aliphatic heterocycles. The van der Waals surface area contributed by atoms with Crippen LogP contribution in [-0.2, 0) is 9.47 Å². The summed E-state index contributed by atoms with van der Waals surface area (Å²) in [7, 11) is 0. The minimum Gasteiger partial charge on any atom is -0.377 e. The highest BCUT2D eigenvalue weighted by molar-refractivity contribution is 4.74. The molecule has 17 heavy (non-hydrogen) atoms. The maximum absolute atomic E-state index is 5.91. The van der Waals surface area contributed by atoms with Gasteiger partial charge in [0.05, 0.1) is 24.9 Å². The van der Waals surface area contributed by atoms with E-state index in [0.29, 0.717) is 30.3 Å². The van der Waals surface area contributed by atoms with Crippen LogP contribution in [0.5, 0.6) is 0 Å². The van der Waals surface area contributed by atoms with Gasteiger partial charge in [0.15, 0.2) is 0 Å². The first-order valence-corrected chi connectivity index (χ1v) is 6.99. The van der Waals surface area contributed by atoms with Crippen LogP contribution in [0.3, 0.4) is 0 Å². The largest absolute Gasteiger partial charge is 0.377 e. The molecule has 0 aromatic heterocycles. The molecule has 0 radical (unpaired) electrons. The lowest BCUT2D eigenvalue weighted by Gasteiger charge is -2.32. The molecule has 1 N–H and O–H groups in total. The average Bonchev–Trinajstić information content (AvgIpc) is 2.22. The number of ether oxygens (including phenoxy) is 2. The lowest BCUT2D eigenvalue weighted by molar-refractivity contribution is -0.101. The molecule has 102 valence electrons. The molecule has 0 spiro atoms. The fraction of sp³-hybridized carbons (Fsp3) is 1.00. The molecule has 0 bridgehead atoms. The number of nitrogens with one attached hydrogen (secondary N) is 1. The second-order valence-electron chi connectivity index (χ2n) is 5.71. The minimum absolute atomic E-state index is 0.339. The van der Waals surface area contributed by atoms with Crippen molar-refractivity contribution in [2.75, 3.05) is 13.2 Å². The van der Waals surface area contributed by atoms with E-state index >= 15 is 0 Å². The Labute approximate surface area is 106 Å². The molecule has 3 unspecified atom stereocenters. The first-order valence-electron chi connectivity index (χ1n) is 6.99. The third-order valence-electron chi connectivity index (χ3n) is 3.58. The molecule has 1 fully saturated rings. The predicted octanol–water partition coefficient (Wildman–Crippen LogP) is 2.59. The third kappa shape index (κ3) is 5.84. The van der Waals surface area contributed by atoms with Gasteiger partial charge in [0.2, 0.25) is 0 Å². The molecule has 1 aliphatic rings. The number of hydrogen-bond acceptors (Lipinski definition) is 3. The van der Waals surface area contributed by atoms with Gasteiger partial charge in [-0.1, -0.05) is 13.8 Å². The Hall–Kier alpha value is -0.120. The topological polar surface area (TPSA) is 30.5 Å². The SMILES string of the molecule is CC1CC(OCCNC(C)C(C)C)CC(C)O1. The van der Waals surface area contributed by atoms with Crippen molar-refractivity contribution in [3.63, 3.8) is 0 Å². The van der Waals surface area contributed by atoms with Crippen molar-refractivity contribution in [3.05, 3.63) is 0 Å². The molecule has 3 nitrogen and oxygen atoms in total. The van der Waals surface area contributed by atoms with Crippen molar-refractivity contribution in [3.8, 4) is 0 Å². The van der Waals surface area contributed by atoms with Crippen LogP contribution in [0.2, 0.25) is 0 Å². The van der Waals surface area contributed by atoms with Crippen molar-refractivity contribution >= 4 is 0 Å². The number of hydrogen-bond donors (Lipinski definition) is 1. The van der Waals surface area contributed by atoms with E-state index in [4.69, 9.17) is 9.47 Å². The molecule has 1 saturated heterocycles. The zero-order chi connectivity index (χ0) is 12.8. The Bertz CT molecular complexity index is 198. The zero-order valence-electron chi connectivity index (χ0n) is 12.0. The summed E-state index contributed by atoms with van der Waals surface area (Å²) in [5, 5.41) is 3.49. The lowest BCUT2D eigenvalue weighted by atomic mass is 10.0. The second-order valence-corrected chi connectivity index (χ2v) is 5.71. The predicted molar refractivity (Wildman–Crippen MR) is 71.3 cm³/mol. The maximum atomic E-state index is 5.91. The normalized spacial score (nSPS) is 31.8. The summed E-state index contributed by atoms with van der Waals surface area (Å²) in [6.45, 7) is 12.7. The van der Waals surface area contributed by atoms with Crippen LogP contribution in [0, 0.1) is 5.92 Å². The Kier molecular flexibility index (Phi) is 6.45. The summed E-state index contributed by atoms with van der Waals surface area (Å²) in [4.78, 5) is 0.